The molecule has 0 heterocycles. The molecule has 0 atom stereocenters. The van der Waals surface area contributed by atoms with E-state index in [2.05, 4.69) is 35.1 Å². The molecule has 0 radical (unpaired) electrons. The Morgan fingerprint density at radius 1 is 1.50 bits per heavy atom. The summed E-state index contributed by atoms with van der Waals surface area (Å²) >= 11 is 3.27. The van der Waals surface area contributed by atoms with Crippen molar-refractivity contribution < 1.29 is 9.18 Å². The Morgan fingerprint density at radius 2 is 2.17 bits per heavy atom. The Labute approximate surface area is 115 Å². The first kappa shape index (κ1) is 13.5. The smallest absolute Gasteiger partial charge is 0.252 e. The van der Waals surface area contributed by atoms with E-state index in [0.717, 1.165) is 12.8 Å². The van der Waals surface area contributed by atoms with E-state index in [1.165, 1.54) is 12.1 Å². The first-order valence-corrected chi connectivity index (χ1v) is 6.97. The molecule has 0 saturated heterocycles. The first-order valence-electron chi connectivity index (χ1n) is 6.18. The number of rotatable bonds is 4. The second-order valence-electron chi connectivity index (χ2n) is 5.32. The highest BCUT2D eigenvalue weighted by Gasteiger charge is 2.45. The third-order valence-electron chi connectivity index (χ3n) is 3.89. The molecule has 1 aliphatic carbocycles. The topological polar surface area (TPSA) is 29.1 Å². The number of nitrogens with one attached hydrogen (secondary N) is 1. The summed E-state index contributed by atoms with van der Waals surface area (Å²) in [5, 5.41) is 2.92. The Morgan fingerprint density at radius 3 is 2.72 bits per heavy atom. The fourth-order valence-electron chi connectivity index (χ4n) is 2.14. The summed E-state index contributed by atoms with van der Waals surface area (Å²) in [6, 6.07) is 4.14. The third kappa shape index (κ3) is 2.74. The summed E-state index contributed by atoms with van der Waals surface area (Å²) in [7, 11) is 0. The van der Waals surface area contributed by atoms with Crippen LogP contribution in [-0.4, -0.2) is 12.5 Å². The number of hydrogen-bond donors (Lipinski definition) is 1. The zero-order chi connectivity index (χ0) is 13.3. The van der Waals surface area contributed by atoms with Crippen LogP contribution in [0.4, 0.5) is 4.39 Å². The first-order chi connectivity index (χ1) is 8.44. The summed E-state index contributed by atoms with van der Waals surface area (Å²) in [6.07, 6.45) is 2.32. The number of amides is 1. The molecule has 2 nitrogen and oxygen atoms in total. The minimum Gasteiger partial charge on any atom is -0.351 e. The van der Waals surface area contributed by atoms with Gasteiger partial charge in [-0.15, -0.1) is 0 Å². The van der Waals surface area contributed by atoms with Crippen molar-refractivity contribution in [2.45, 2.75) is 26.7 Å². The van der Waals surface area contributed by atoms with Gasteiger partial charge in [-0.3, -0.25) is 4.79 Å². The lowest BCUT2D eigenvalue weighted by Gasteiger charge is -2.20. The molecule has 4 heteroatoms. The van der Waals surface area contributed by atoms with Crippen LogP contribution >= 0.6 is 15.9 Å². The molecule has 0 aliphatic heterocycles. The van der Waals surface area contributed by atoms with Crippen LogP contribution in [0, 0.1) is 17.2 Å². The predicted molar refractivity (Wildman–Crippen MR) is 72.9 cm³/mol. The van der Waals surface area contributed by atoms with Gasteiger partial charge in [-0.05, 0) is 58.3 Å². The predicted octanol–water partition coefficient (Wildman–Crippen LogP) is 3.75. The average molecular weight is 314 g/mol. The molecule has 18 heavy (non-hydrogen) atoms. The second kappa shape index (κ2) is 5.00. The third-order valence-corrected chi connectivity index (χ3v) is 4.58. The largest absolute Gasteiger partial charge is 0.351 e. The minimum absolute atomic E-state index is 0.215. The van der Waals surface area contributed by atoms with Crippen LogP contribution in [-0.2, 0) is 0 Å². The van der Waals surface area contributed by atoms with Crippen molar-refractivity contribution in [1.82, 2.24) is 5.32 Å². The SMILES string of the molecule is CC(C)C1(CNC(=O)c2cc(F)ccc2Br)CC1. The number of halogens is 2. The number of carbonyl (C=O) groups is 1. The van der Waals surface area contributed by atoms with Gasteiger partial charge in [0, 0.05) is 11.0 Å². The summed E-state index contributed by atoms with van der Waals surface area (Å²) in [5.41, 5.74) is 0.615. The highest BCUT2D eigenvalue weighted by Crippen LogP contribution is 2.51. The van der Waals surface area contributed by atoms with Crippen LogP contribution in [0.25, 0.3) is 0 Å². The molecule has 0 unspecified atom stereocenters. The van der Waals surface area contributed by atoms with Gasteiger partial charge in [-0.25, -0.2) is 4.39 Å². The van der Waals surface area contributed by atoms with Gasteiger partial charge in [0.25, 0.3) is 5.91 Å². The number of hydrogen-bond acceptors (Lipinski definition) is 1. The van der Waals surface area contributed by atoms with Crippen molar-refractivity contribution >= 4 is 21.8 Å². The van der Waals surface area contributed by atoms with E-state index in [0.29, 0.717) is 22.5 Å². The highest BCUT2D eigenvalue weighted by molar-refractivity contribution is 9.10. The van der Waals surface area contributed by atoms with Gasteiger partial charge in [-0.2, -0.15) is 0 Å². The van der Waals surface area contributed by atoms with Crippen molar-refractivity contribution in [3.8, 4) is 0 Å². The number of benzene rings is 1. The van der Waals surface area contributed by atoms with E-state index in [4.69, 9.17) is 0 Å². The Hall–Kier alpha value is -0.900. The lowest BCUT2D eigenvalue weighted by molar-refractivity contribution is 0.0938. The van der Waals surface area contributed by atoms with Crippen molar-refractivity contribution in [3.63, 3.8) is 0 Å². The van der Waals surface area contributed by atoms with Crippen molar-refractivity contribution in [1.29, 1.82) is 0 Å². The maximum Gasteiger partial charge on any atom is 0.252 e. The van der Waals surface area contributed by atoms with Crippen molar-refractivity contribution in [3.05, 3.63) is 34.1 Å². The molecule has 1 N–H and O–H groups in total. The summed E-state index contributed by atoms with van der Waals surface area (Å²) in [6.45, 7) is 5.03. The maximum absolute atomic E-state index is 13.1. The van der Waals surface area contributed by atoms with Crippen LogP contribution in [0.5, 0.6) is 0 Å². The van der Waals surface area contributed by atoms with Crippen LogP contribution in [0.2, 0.25) is 0 Å². The van der Waals surface area contributed by atoms with Crippen molar-refractivity contribution in [2.24, 2.45) is 11.3 Å². The maximum atomic E-state index is 13.1. The van der Waals surface area contributed by atoms with Gasteiger partial charge < -0.3 is 5.32 Å². The lowest BCUT2D eigenvalue weighted by atomic mass is 9.92. The van der Waals surface area contributed by atoms with E-state index in [1.54, 1.807) is 6.07 Å². The Balaban J connectivity index is 2.02. The summed E-state index contributed by atoms with van der Waals surface area (Å²) in [4.78, 5) is 12.0. The molecule has 1 aromatic carbocycles. The molecule has 1 aliphatic rings. The molecule has 1 aromatic rings. The molecule has 0 aromatic heterocycles. The zero-order valence-corrected chi connectivity index (χ0v) is 12.2. The normalized spacial score (nSPS) is 16.7. The van der Waals surface area contributed by atoms with Crippen LogP contribution in [0.15, 0.2) is 22.7 Å². The standard InChI is InChI=1S/C14H17BrFNO/c1-9(2)14(5-6-14)8-17-13(18)11-7-10(16)3-4-12(11)15/h3-4,7,9H,5-6,8H2,1-2H3,(H,17,18). The average Bonchev–Trinajstić information content (AvgIpc) is 3.10. The van der Waals surface area contributed by atoms with E-state index in [1.807, 2.05) is 0 Å². The molecule has 98 valence electrons. The fraction of sp³-hybridized carbons (Fsp3) is 0.500. The van der Waals surface area contributed by atoms with Gasteiger partial charge in [0.05, 0.1) is 5.56 Å². The van der Waals surface area contributed by atoms with Gasteiger partial charge in [0.15, 0.2) is 0 Å². The van der Waals surface area contributed by atoms with E-state index >= 15 is 0 Å². The second-order valence-corrected chi connectivity index (χ2v) is 6.18. The van der Waals surface area contributed by atoms with E-state index in [9.17, 15) is 9.18 Å². The van der Waals surface area contributed by atoms with E-state index in [-0.39, 0.29) is 11.3 Å². The molecule has 1 saturated carbocycles. The molecule has 1 fully saturated rings. The molecule has 0 spiro atoms. The molecule has 0 bridgehead atoms. The fourth-order valence-corrected chi connectivity index (χ4v) is 2.57. The van der Waals surface area contributed by atoms with Gasteiger partial charge in [0.1, 0.15) is 5.82 Å². The van der Waals surface area contributed by atoms with E-state index < -0.39 is 5.82 Å². The summed E-state index contributed by atoms with van der Waals surface area (Å²) < 4.78 is 13.7. The van der Waals surface area contributed by atoms with Crippen LogP contribution in [0.3, 0.4) is 0 Å². The highest BCUT2D eigenvalue weighted by atomic mass is 79.9. The molecular formula is C14H17BrFNO. The molecule has 1 amide bonds. The zero-order valence-electron chi connectivity index (χ0n) is 10.6. The van der Waals surface area contributed by atoms with Gasteiger partial charge >= 0.3 is 0 Å². The Bertz CT molecular complexity index is 469. The molecular weight excluding hydrogens is 297 g/mol. The number of carbonyl (C=O) groups excluding carboxylic acids is 1. The van der Waals surface area contributed by atoms with Gasteiger partial charge in [-0.1, -0.05) is 13.8 Å². The summed E-state index contributed by atoms with van der Waals surface area (Å²) in [5.74, 6) is -0.0459. The van der Waals surface area contributed by atoms with Gasteiger partial charge in [0.2, 0.25) is 0 Å². The molecule has 2 rings (SSSR count). The quantitative estimate of drug-likeness (QED) is 0.901. The van der Waals surface area contributed by atoms with Crippen LogP contribution in [0.1, 0.15) is 37.0 Å². The van der Waals surface area contributed by atoms with Crippen molar-refractivity contribution in [2.75, 3.05) is 6.54 Å². The monoisotopic (exact) mass is 313 g/mol. The lowest BCUT2D eigenvalue weighted by Crippen LogP contribution is -2.32. The van der Waals surface area contributed by atoms with Crippen LogP contribution < -0.4 is 5.32 Å². The Kier molecular flexibility index (Phi) is 3.76. The minimum atomic E-state index is -0.395.